The third kappa shape index (κ3) is 4.78. The van der Waals surface area contributed by atoms with Crippen LogP contribution in [0.2, 0.25) is 0 Å². The number of ether oxygens (including phenoxy) is 1. The van der Waals surface area contributed by atoms with Gasteiger partial charge in [0.15, 0.2) is 0 Å². The molecule has 0 saturated carbocycles. The van der Waals surface area contributed by atoms with Gasteiger partial charge in [0, 0.05) is 37.3 Å². The molecule has 32 heavy (non-hydrogen) atoms. The van der Waals surface area contributed by atoms with Crippen molar-refractivity contribution in [1.82, 2.24) is 9.80 Å². The highest BCUT2D eigenvalue weighted by atomic mass is 16.5. The average molecular weight is 428 g/mol. The minimum absolute atomic E-state index is 0.0138. The Morgan fingerprint density at radius 2 is 1.47 bits per heavy atom. The first-order chi connectivity index (χ1) is 15.7. The lowest BCUT2D eigenvalue weighted by Gasteiger charge is -2.25. The molecular formula is C27H29N3O2. The number of nitrogens with zero attached hydrogens (tertiary/aromatic N) is 2. The van der Waals surface area contributed by atoms with Gasteiger partial charge in [0.2, 0.25) is 0 Å². The number of hydrogen-bond donors (Lipinski definition) is 1. The summed E-state index contributed by atoms with van der Waals surface area (Å²) in [5, 5.41) is 3.05. The van der Waals surface area contributed by atoms with E-state index in [9.17, 15) is 4.79 Å². The monoisotopic (exact) mass is 427 g/mol. The van der Waals surface area contributed by atoms with Crippen molar-refractivity contribution in [1.29, 1.82) is 0 Å². The van der Waals surface area contributed by atoms with Crippen LogP contribution in [-0.4, -0.2) is 42.0 Å². The highest BCUT2D eigenvalue weighted by Gasteiger charge is 2.44. The fourth-order valence-corrected chi connectivity index (χ4v) is 4.88. The molecule has 2 aliphatic rings. The lowest BCUT2D eigenvalue weighted by atomic mass is 9.86. The van der Waals surface area contributed by atoms with E-state index < -0.39 is 0 Å². The van der Waals surface area contributed by atoms with E-state index in [0.717, 1.165) is 62.8 Å². The first kappa shape index (κ1) is 20.6. The lowest BCUT2D eigenvalue weighted by Crippen LogP contribution is -2.36. The van der Waals surface area contributed by atoms with Crippen LogP contribution in [0.3, 0.4) is 0 Å². The van der Waals surface area contributed by atoms with Gasteiger partial charge in [0.25, 0.3) is 0 Å². The van der Waals surface area contributed by atoms with Crippen molar-refractivity contribution in [3.05, 3.63) is 90.5 Å². The van der Waals surface area contributed by atoms with Gasteiger partial charge in [0.05, 0.1) is 0 Å². The van der Waals surface area contributed by atoms with E-state index in [1.165, 1.54) is 5.56 Å². The summed E-state index contributed by atoms with van der Waals surface area (Å²) in [6.45, 7) is 4.82. The number of amides is 2. The third-order valence-corrected chi connectivity index (χ3v) is 6.58. The number of carbonyl (C=O) groups is 1. The smallest absolute Gasteiger partial charge is 0.321 e. The van der Waals surface area contributed by atoms with Crippen LogP contribution >= 0.6 is 0 Å². The minimum Gasteiger partial charge on any atom is -0.457 e. The maximum atomic E-state index is 12.9. The molecule has 0 aromatic heterocycles. The van der Waals surface area contributed by atoms with Crippen LogP contribution in [0.4, 0.5) is 10.5 Å². The van der Waals surface area contributed by atoms with Crippen LogP contribution in [0.1, 0.15) is 18.4 Å². The van der Waals surface area contributed by atoms with Gasteiger partial charge in [-0.2, -0.15) is 0 Å². The number of carbonyl (C=O) groups excluding carboxylic acids is 1. The Hall–Kier alpha value is -3.31. The van der Waals surface area contributed by atoms with Crippen molar-refractivity contribution in [2.45, 2.75) is 19.4 Å². The second kappa shape index (κ2) is 9.05. The number of urea groups is 1. The normalized spacial score (nSPS) is 20.6. The van der Waals surface area contributed by atoms with Gasteiger partial charge in [-0.3, -0.25) is 4.90 Å². The summed E-state index contributed by atoms with van der Waals surface area (Å²) < 4.78 is 5.83. The predicted molar refractivity (Wildman–Crippen MR) is 127 cm³/mol. The molecule has 1 spiro atoms. The molecule has 5 nitrogen and oxygen atoms in total. The SMILES string of the molecule is O=C(Nc1ccc(Oc2ccccc2)cc1)N1CCC2(CCN(Cc3ccccc3)C2)C1. The van der Waals surface area contributed by atoms with Gasteiger partial charge in [-0.05, 0) is 61.3 Å². The molecule has 2 saturated heterocycles. The van der Waals surface area contributed by atoms with E-state index in [1.807, 2.05) is 59.5 Å². The molecule has 0 bridgehead atoms. The number of likely N-dealkylation sites (tertiary alicyclic amines) is 2. The molecule has 2 aliphatic heterocycles. The molecule has 0 radical (unpaired) electrons. The van der Waals surface area contributed by atoms with Crippen molar-refractivity contribution in [3.63, 3.8) is 0 Å². The van der Waals surface area contributed by atoms with Gasteiger partial charge in [-0.1, -0.05) is 48.5 Å². The van der Waals surface area contributed by atoms with E-state index >= 15 is 0 Å². The van der Waals surface area contributed by atoms with E-state index in [-0.39, 0.29) is 11.4 Å². The molecule has 1 unspecified atom stereocenters. The molecule has 164 valence electrons. The average Bonchev–Trinajstić information content (AvgIpc) is 3.43. The number of rotatable bonds is 5. The summed E-state index contributed by atoms with van der Waals surface area (Å²) in [4.78, 5) is 17.4. The van der Waals surface area contributed by atoms with Crippen molar-refractivity contribution in [3.8, 4) is 11.5 Å². The Kier molecular flexibility index (Phi) is 5.82. The van der Waals surface area contributed by atoms with Crippen LogP contribution in [0.15, 0.2) is 84.9 Å². The molecule has 2 amide bonds. The molecule has 1 N–H and O–H groups in total. The highest BCUT2D eigenvalue weighted by molar-refractivity contribution is 5.89. The fourth-order valence-electron chi connectivity index (χ4n) is 4.88. The van der Waals surface area contributed by atoms with Gasteiger partial charge in [0.1, 0.15) is 11.5 Å². The topological polar surface area (TPSA) is 44.8 Å². The van der Waals surface area contributed by atoms with Crippen molar-refractivity contribution >= 4 is 11.7 Å². The third-order valence-electron chi connectivity index (χ3n) is 6.58. The fraction of sp³-hybridized carbons (Fsp3) is 0.296. The summed E-state index contributed by atoms with van der Waals surface area (Å²) in [6, 6.07) is 27.9. The second-order valence-electron chi connectivity index (χ2n) is 8.99. The van der Waals surface area contributed by atoms with Gasteiger partial charge in [-0.15, -0.1) is 0 Å². The van der Waals surface area contributed by atoms with Gasteiger partial charge in [-0.25, -0.2) is 4.79 Å². The molecule has 2 heterocycles. The molecule has 3 aromatic rings. The maximum absolute atomic E-state index is 12.9. The molecule has 0 aliphatic carbocycles. The van der Waals surface area contributed by atoms with Crippen LogP contribution in [0.25, 0.3) is 0 Å². The first-order valence-corrected chi connectivity index (χ1v) is 11.3. The predicted octanol–water partition coefficient (Wildman–Crippen LogP) is 5.61. The van der Waals surface area contributed by atoms with Crippen LogP contribution in [0, 0.1) is 5.41 Å². The zero-order valence-electron chi connectivity index (χ0n) is 18.2. The molecule has 5 heteroatoms. The number of anilines is 1. The zero-order valence-corrected chi connectivity index (χ0v) is 18.2. The highest BCUT2D eigenvalue weighted by Crippen LogP contribution is 2.40. The molecule has 3 aromatic carbocycles. The molecule has 5 rings (SSSR count). The second-order valence-corrected chi connectivity index (χ2v) is 8.99. The lowest BCUT2D eigenvalue weighted by molar-refractivity contribution is 0.210. The summed E-state index contributed by atoms with van der Waals surface area (Å²) >= 11 is 0. The molecule has 1 atom stereocenters. The Labute approximate surface area is 189 Å². The van der Waals surface area contributed by atoms with Crippen molar-refractivity contribution in [2.75, 3.05) is 31.5 Å². The van der Waals surface area contributed by atoms with E-state index in [2.05, 4.69) is 40.5 Å². The standard InChI is InChI=1S/C27H29N3O2/c31-26(28-23-11-13-25(14-12-23)32-24-9-5-2-6-10-24)30-18-16-27(21-30)15-17-29(20-27)19-22-7-3-1-4-8-22/h1-14H,15-21H2,(H,28,31). The summed E-state index contributed by atoms with van der Waals surface area (Å²) in [6.07, 6.45) is 2.24. The van der Waals surface area contributed by atoms with Crippen LogP contribution in [0.5, 0.6) is 11.5 Å². The maximum Gasteiger partial charge on any atom is 0.321 e. The number of hydrogen-bond acceptors (Lipinski definition) is 3. The number of nitrogens with one attached hydrogen (secondary N) is 1. The summed E-state index contributed by atoms with van der Waals surface area (Å²) in [5.74, 6) is 1.54. The Bertz CT molecular complexity index is 1040. The zero-order chi connectivity index (χ0) is 21.8. The number of benzene rings is 3. The van der Waals surface area contributed by atoms with Crippen molar-refractivity contribution in [2.24, 2.45) is 5.41 Å². The largest absolute Gasteiger partial charge is 0.457 e. The summed E-state index contributed by atoms with van der Waals surface area (Å²) in [5.41, 5.74) is 2.38. The van der Waals surface area contributed by atoms with E-state index in [1.54, 1.807) is 0 Å². The minimum atomic E-state index is -0.0138. The molecular weight excluding hydrogens is 398 g/mol. The Morgan fingerprint density at radius 3 is 2.22 bits per heavy atom. The Morgan fingerprint density at radius 1 is 0.812 bits per heavy atom. The van der Waals surface area contributed by atoms with Crippen LogP contribution < -0.4 is 10.1 Å². The van der Waals surface area contributed by atoms with Crippen molar-refractivity contribution < 1.29 is 9.53 Å². The van der Waals surface area contributed by atoms with E-state index in [0.29, 0.717) is 0 Å². The van der Waals surface area contributed by atoms with E-state index in [4.69, 9.17) is 4.74 Å². The summed E-state index contributed by atoms with van der Waals surface area (Å²) in [7, 11) is 0. The Balaban J connectivity index is 1.13. The van der Waals surface area contributed by atoms with Gasteiger partial charge < -0.3 is 15.0 Å². The molecule has 2 fully saturated rings. The number of para-hydroxylation sites is 1. The first-order valence-electron chi connectivity index (χ1n) is 11.3. The van der Waals surface area contributed by atoms with Crippen LogP contribution in [-0.2, 0) is 6.54 Å². The quantitative estimate of drug-likeness (QED) is 0.576. The van der Waals surface area contributed by atoms with Gasteiger partial charge >= 0.3 is 6.03 Å².